The standard InChI is InChI=1S/C18H28N6/c1-21-7-11-23(12-8-21)19-15-17-3-5-18(6-4-17)16-20-24-13-9-22(2)10-14-24/h3-6,15-16H,7-14H2,1-2H3/b19-15+,20-16+. The Hall–Kier alpha value is -1.92. The van der Waals surface area contributed by atoms with Crippen LogP contribution in [0.4, 0.5) is 0 Å². The van der Waals surface area contributed by atoms with Crippen molar-refractivity contribution in [2.45, 2.75) is 0 Å². The Bertz CT molecular complexity index is 500. The lowest BCUT2D eigenvalue weighted by molar-refractivity contribution is 0.159. The predicted octanol–water partition coefficient (Wildman–Crippen LogP) is 0.849. The van der Waals surface area contributed by atoms with Crippen molar-refractivity contribution in [2.24, 2.45) is 10.2 Å². The van der Waals surface area contributed by atoms with Crippen molar-refractivity contribution in [1.82, 2.24) is 19.8 Å². The van der Waals surface area contributed by atoms with Gasteiger partial charge in [0.05, 0.1) is 12.4 Å². The minimum absolute atomic E-state index is 1.00. The van der Waals surface area contributed by atoms with Gasteiger partial charge in [0.25, 0.3) is 0 Å². The molecule has 2 aliphatic heterocycles. The van der Waals surface area contributed by atoms with E-state index in [-0.39, 0.29) is 0 Å². The van der Waals surface area contributed by atoms with E-state index in [4.69, 9.17) is 0 Å². The van der Waals surface area contributed by atoms with Crippen LogP contribution in [0.3, 0.4) is 0 Å². The highest BCUT2D eigenvalue weighted by Gasteiger charge is 2.11. The third kappa shape index (κ3) is 5.04. The smallest absolute Gasteiger partial charge is 0.0542 e. The minimum atomic E-state index is 1.00. The molecule has 0 N–H and O–H groups in total. The van der Waals surface area contributed by atoms with Crippen molar-refractivity contribution in [3.05, 3.63) is 35.4 Å². The molecule has 0 aromatic heterocycles. The Labute approximate surface area is 145 Å². The van der Waals surface area contributed by atoms with Crippen LogP contribution >= 0.6 is 0 Å². The fourth-order valence-electron chi connectivity index (χ4n) is 2.79. The van der Waals surface area contributed by atoms with E-state index >= 15 is 0 Å². The summed E-state index contributed by atoms with van der Waals surface area (Å²) in [7, 11) is 4.31. The molecule has 0 atom stereocenters. The number of hydrazone groups is 2. The van der Waals surface area contributed by atoms with E-state index in [9.17, 15) is 0 Å². The first-order valence-corrected chi connectivity index (χ1v) is 8.74. The van der Waals surface area contributed by atoms with Gasteiger partial charge in [0.15, 0.2) is 0 Å². The Morgan fingerprint density at radius 1 is 0.625 bits per heavy atom. The van der Waals surface area contributed by atoms with Crippen LogP contribution in [0, 0.1) is 0 Å². The first-order chi connectivity index (χ1) is 11.7. The van der Waals surface area contributed by atoms with Crippen LogP contribution in [0.2, 0.25) is 0 Å². The molecule has 24 heavy (non-hydrogen) atoms. The summed E-state index contributed by atoms with van der Waals surface area (Å²) in [4.78, 5) is 4.67. The molecule has 1 aromatic rings. The SMILES string of the molecule is CN1CCN(/N=C/c2ccc(/C=N/N3CCN(C)CC3)cc2)CC1. The van der Waals surface area contributed by atoms with Crippen LogP contribution in [0.1, 0.15) is 11.1 Å². The van der Waals surface area contributed by atoms with Crippen LogP contribution in [0.15, 0.2) is 34.5 Å². The average molecular weight is 328 g/mol. The number of hydrogen-bond donors (Lipinski definition) is 0. The molecule has 3 rings (SSSR count). The maximum atomic E-state index is 4.58. The Morgan fingerprint density at radius 3 is 1.29 bits per heavy atom. The molecule has 130 valence electrons. The Balaban J connectivity index is 1.50. The van der Waals surface area contributed by atoms with Gasteiger partial charge in [-0.3, -0.25) is 10.0 Å². The highest BCUT2D eigenvalue weighted by Crippen LogP contribution is 2.04. The first-order valence-electron chi connectivity index (χ1n) is 8.74. The maximum Gasteiger partial charge on any atom is 0.0542 e. The zero-order valence-corrected chi connectivity index (χ0v) is 14.8. The summed E-state index contributed by atoms with van der Waals surface area (Å²) < 4.78 is 0. The van der Waals surface area contributed by atoms with Crippen LogP contribution in [0.25, 0.3) is 0 Å². The zero-order valence-electron chi connectivity index (χ0n) is 14.8. The summed E-state index contributed by atoms with van der Waals surface area (Å²) >= 11 is 0. The van der Waals surface area contributed by atoms with E-state index in [1.54, 1.807) is 0 Å². The van der Waals surface area contributed by atoms with Gasteiger partial charge in [-0.05, 0) is 25.2 Å². The highest BCUT2D eigenvalue weighted by molar-refractivity contribution is 5.83. The quantitative estimate of drug-likeness (QED) is 0.768. The number of likely N-dealkylation sites (N-methyl/N-ethyl adjacent to an activating group) is 2. The van der Waals surface area contributed by atoms with Gasteiger partial charge < -0.3 is 9.80 Å². The molecule has 0 bridgehead atoms. The molecule has 2 fully saturated rings. The molecular formula is C18H28N6. The van der Waals surface area contributed by atoms with E-state index in [1.807, 2.05) is 12.4 Å². The van der Waals surface area contributed by atoms with Crippen LogP contribution in [-0.2, 0) is 0 Å². The van der Waals surface area contributed by atoms with Gasteiger partial charge in [0.2, 0.25) is 0 Å². The minimum Gasteiger partial charge on any atom is -0.303 e. The average Bonchev–Trinajstić information content (AvgIpc) is 2.62. The van der Waals surface area contributed by atoms with Crippen molar-refractivity contribution in [2.75, 3.05) is 66.5 Å². The molecule has 0 spiro atoms. The number of nitrogens with zero attached hydrogens (tertiary/aromatic N) is 6. The van der Waals surface area contributed by atoms with Crippen molar-refractivity contribution < 1.29 is 0 Å². The fraction of sp³-hybridized carbons (Fsp3) is 0.556. The molecular weight excluding hydrogens is 300 g/mol. The van der Waals surface area contributed by atoms with E-state index in [0.29, 0.717) is 0 Å². The normalized spacial score (nSPS) is 21.2. The van der Waals surface area contributed by atoms with Crippen molar-refractivity contribution in [3.63, 3.8) is 0 Å². The van der Waals surface area contributed by atoms with Gasteiger partial charge >= 0.3 is 0 Å². The summed E-state index contributed by atoms with van der Waals surface area (Å²) in [5, 5.41) is 13.4. The molecule has 2 aliphatic rings. The van der Waals surface area contributed by atoms with Gasteiger partial charge in [0, 0.05) is 52.4 Å². The molecule has 0 radical (unpaired) electrons. The molecule has 2 heterocycles. The fourth-order valence-corrected chi connectivity index (χ4v) is 2.79. The summed E-state index contributed by atoms with van der Waals surface area (Å²) in [6.45, 7) is 8.34. The lowest BCUT2D eigenvalue weighted by Crippen LogP contribution is -2.41. The molecule has 1 aromatic carbocycles. The lowest BCUT2D eigenvalue weighted by Gasteiger charge is -2.30. The van der Waals surface area contributed by atoms with Crippen LogP contribution < -0.4 is 0 Å². The monoisotopic (exact) mass is 328 g/mol. The topological polar surface area (TPSA) is 37.7 Å². The molecule has 0 unspecified atom stereocenters. The first kappa shape index (κ1) is 16.9. The van der Waals surface area contributed by atoms with Crippen LogP contribution in [0.5, 0.6) is 0 Å². The zero-order chi connectivity index (χ0) is 16.8. The summed E-state index contributed by atoms with van der Waals surface area (Å²) in [5.41, 5.74) is 2.26. The largest absolute Gasteiger partial charge is 0.303 e. The molecule has 2 saturated heterocycles. The van der Waals surface area contributed by atoms with E-state index in [1.165, 1.54) is 0 Å². The van der Waals surface area contributed by atoms with Gasteiger partial charge in [-0.1, -0.05) is 24.3 Å². The van der Waals surface area contributed by atoms with Gasteiger partial charge in [-0.15, -0.1) is 0 Å². The van der Waals surface area contributed by atoms with Gasteiger partial charge in [-0.2, -0.15) is 10.2 Å². The third-order valence-electron chi connectivity index (χ3n) is 4.64. The summed E-state index contributed by atoms with van der Waals surface area (Å²) in [6.07, 6.45) is 3.90. The predicted molar refractivity (Wildman–Crippen MR) is 99.8 cm³/mol. The van der Waals surface area contributed by atoms with Crippen LogP contribution in [-0.4, -0.2) is 98.7 Å². The van der Waals surface area contributed by atoms with Gasteiger partial charge in [0.1, 0.15) is 0 Å². The summed E-state index contributed by atoms with van der Waals surface area (Å²) in [6, 6.07) is 8.41. The third-order valence-corrected chi connectivity index (χ3v) is 4.64. The van der Waals surface area contributed by atoms with E-state index in [0.717, 1.165) is 63.5 Å². The van der Waals surface area contributed by atoms with Crippen molar-refractivity contribution >= 4 is 12.4 Å². The molecule has 0 amide bonds. The van der Waals surface area contributed by atoms with E-state index in [2.05, 4.69) is 68.4 Å². The summed E-state index contributed by atoms with van der Waals surface area (Å²) in [5.74, 6) is 0. The van der Waals surface area contributed by atoms with E-state index < -0.39 is 0 Å². The number of piperazine rings is 2. The van der Waals surface area contributed by atoms with Crippen molar-refractivity contribution in [3.8, 4) is 0 Å². The number of hydrogen-bond acceptors (Lipinski definition) is 6. The Kier molecular flexibility index (Phi) is 5.82. The molecule has 0 aliphatic carbocycles. The number of rotatable bonds is 4. The maximum absolute atomic E-state index is 4.58. The second kappa shape index (κ2) is 8.26. The highest BCUT2D eigenvalue weighted by atomic mass is 15.5. The van der Waals surface area contributed by atoms with Crippen molar-refractivity contribution in [1.29, 1.82) is 0 Å². The second-order valence-electron chi connectivity index (χ2n) is 6.67. The molecule has 0 saturated carbocycles. The lowest BCUT2D eigenvalue weighted by atomic mass is 10.2. The van der Waals surface area contributed by atoms with Gasteiger partial charge in [-0.25, -0.2) is 0 Å². The molecule has 6 nitrogen and oxygen atoms in total. The Morgan fingerprint density at radius 2 is 0.958 bits per heavy atom. The molecule has 6 heteroatoms. The second-order valence-corrected chi connectivity index (χ2v) is 6.67. The number of benzene rings is 1.